The number of hydrogen-bond donors (Lipinski definition) is 2. The molecule has 0 unspecified atom stereocenters. The van der Waals surface area contributed by atoms with Crippen LogP contribution in [0.4, 0.5) is 0 Å². The number of nitrogens with one attached hydrogen (secondary N) is 1. The van der Waals surface area contributed by atoms with E-state index in [0.29, 0.717) is 18.9 Å². The van der Waals surface area contributed by atoms with Crippen molar-refractivity contribution in [3.63, 3.8) is 0 Å². The van der Waals surface area contributed by atoms with Gasteiger partial charge in [-0.15, -0.1) is 0 Å². The number of nitrogens with zero attached hydrogens (tertiary/aromatic N) is 4. The molecule has 2 atom stereocenters. The molecule has 1 aromatic heterocycles. The van der Waals surface area contributed by atoms with E-state index in [0.717, 1.165) is 5.56 Å². The first kappa shape index (κ1) is 18.3. The Bertz CT molecular complexity index is 613. The summed E-state index contributed by atoms with van der Waals surface area (Å²) in [6.45, 7) is 10.7. The molecule has 1 amide bonds. The average molecular weight is 334 g/mol. The third kappa shape index (κ3) is 4.07. The molecule has 0 aromatic carbocycles. The first-order valence-electron chi connectivity index (χ1n) is 8.46. The second kappa shape index (κ2) is 6.83. The fourth-order valence-corrected chi connectivity index (χ4v) is 3.33. The number of likely N-dealkylation sites (tertiary alicyclic amines) is 1. The first-order valence-corrected chi connectivity index (χ1v) is 8.46. The van der Waals surface area contributed by atoms with Gasteiger partial charge in [-0.1, -0.05) is 0 Å². The van der Waals surface area contributed by atoms with Gasteiger partial charge in [-0.25, -0.2) is 0 Å². The first-order chi connectivity index (χ1) is 11.1. The number of nitrogens with two attached hydrogens (primary N) is 1. The number of rotatable bonds is 4. The van der Waals surface area contributed by atoms with Gasteiger partial charge in [0.25, 0.3) is 0 Å². The van der Waals surface area contributed by atoms with Gasteiger partial charge in [0, 0.05) is 49.3 Å². The summed E-state index contributed by atoms with van der Waals surface area (Å²) in [7, 11) is 1.89. The molecular formula is C17H30N6O. The van der Waals surface area contributed by atoms with Crippen LogP contribution in [0.25, 0.3) is 0 Å². The van der Waals surface area contributed by atoms with E-state index in [-0.39, 0.29) is 29.4 Å². The second-order valence-electron chi connectivity index (χ2n) is 7.82. The molecule has 1 saturated heterocycles. The summed E-state index contributed by atoms with van der Waals surface area (Å²) in [4.78, 5) is 19.1. The zero-order chi connectivity index (χ0) is 18.1. The molecule has 1 aliphatic heterocycles. The lowest BCUT2D eigenvalue weighted by Gasteiger charge is -2.38. The van der Waals surface area contributed by atoms with Crippen LogP contribution in [0.5, 0.6) is 0 Å². The lowest BCUT2D eigenvalue weighted by molar-refractivity contribution is -0.133. The molecule has 0 aliphatic carbocycles. The lowest BCUT2D eigenvalue weighted by atomic mass is 9.93. The van der Waals surface area contributed by atoms with E-state index in [1.54, 1.807) is 4.68 Å². The Hall–Kier alpha value is -2.05. The molecule has 0 radical (unpaired) electrons. The zero-order valence-corrected chi connectivity index (χ0v) is 15.6. The maximum absolute atomic E-state index is 12.6. The standard InChI is InChI=1S/C17H30N6O/c1-11(2)21-16(18)19-8-12-7-14(24)23(17(3,4)5)15(12)13-9-20-22(6)10-13/h9-12,15H,7-8H2,1-6H3,(H3,18,19,21)/t12-,15+/m0/s1. The van der Waals surface area contributed by atoms with Crippen molar-refractivity contribution in [2.75, 3.05) is 6.54 Å². The molecule has 1 fully saturated rings. The van der Waals surface area contributed by atoms with Crippen LogP contribution < -0.4 is 11.1 Å². The molecule has 1 aromatic rings. The summed E-state index contributed by atoms with van der Waals surface area (Å²) in [6.07, 6.45) is 4.30. The van der Waals surface area contributed by atoms with Crippen LogP contribution in [0, 0.1) is 5.92 Å². The molecule has 2 heterocycles. The topological polar surface area (TPSA) is 88.5 Å². The van der Waals surface area contributed by atoms with Crippen LogP contribution >= 0.6 is 0 Å². The van der Waals surface area contributed by atoms with Crippen LogP contribution in [0.1, 0.15) is 52.6 Å². The number of carbonyl (C=O) groups is 1. The Balaban J connectivity index is 2.27. The van der Waals surface area contributed by atoms with Crippen molar-refractivity contribution in [3.8, 4) is 0 Å². The van der Waals surface area contributed by atoms with Gasteiger partial charge in [-0.3, -0.25) is 14.5 Å². The number of aryl methyl sites for hydroxylation is 1. The molecule has 24 heavy (non-hydrogen) atoms. The average Bonchev–Trinajstić information content (AvgIpc) is 2.98. The highest BCUT2D eigenvalue weighted by Crippen LogP contribution is 2.42. The summed E-state index contributed by atoms with van der Waals surface area (Å²) in [6, 6.07) is 0.209. The Morgan fingerprint density at radius 1 is 1.50 bits per heavy atom. The summed E-state index contributed by atoms with van der Waals surface area (Å²) < 4.78 is 1.77. The highest BCUT2D eigenvalue weighted by Gasteiger charge is 2.45. The normalized spacial score (nSPS) is 22.5. The van der Waals surface area contributed by atoms with Crippen LogP contribution in [0.3, 0.4) is 0 Å². The van der Waals surface area contributed by atoms with Gasteiger partial charge in [0.05, 0.1) is 12.2 Å². The molecule has 134 valence electrons. The van der Waals surface area contributed by atoms with E-state index < -0.39 is 0 Å². The number of carbonyl (C=O) groups excluding carboxylic acids is 1. The number of guanidine groups is 1. The summed E-state index contributed by atoms with van der Waals surface area (Å²) in [5.41, 5.74) is 6.72. The van der Waals surface area contributed by atoms with Crippen LogP contribution in [0.15, 0.2) is 17.4 Å². The van der Waals surface area contributed by atoms with Crippen molar-refractivity contribution in [2.24, 2.45) is 23.7 Å². The Labute approximate surface area is 144 Å². The monoisotopic (exact) mass is 334 g/mol. The fourth-order valence-electron chi connectivity index (χ4n) is 3.33. The van der Waals surface area contributed by atoms with Gasteiger partial charge in [0.1, 0.15) is 0 Å². The minimum Gasteiger partial charge on any atom is -0.370 e. The van der Waals surface area contributed by atoms with Crippen molar-refractivity contribution in [2.45, 2.75) is 58.7 Å². The van der Waals surface area contributed by atoms with Crippen LogP contribution in [-0.4, -0.2) is 44.7 Å². The highest BCUT2D eigenvalue weighted by atomic mass is 16.2. The van der Waals surface area contributed by atoms with Crippen molar-refractivity contribution in [1.29, 1.82) is 0 Å². The minimum absolute atomic E-state index is 0.0261. The van der Waals surface area contributed by atoms with E-state index >= 15 is 0 Å². The van der Waals surface area contributed by atoms with Crippen molar-refractivity contribution < 1.29 is 4.79 Å². The van der Waals surface area contributed by atoms with Crippen LogP contribution in [0.2, 0.25) is 0 Å². The SMILES string of the molecule is CC(C)NC(N)=NC[C@@H]1CC(=O)N(C(C)(C)C)[C@H]1c1cnn(C)c1. The van der Waals surface area contributed by atoms with Gasteiger partial charge in [0.2, 0.25) is 5.91 Å². The Morgan fingerprint density at radius 2 is 2.17 bits per heavy atom. The summed E-state index contributed by atoms with van der Waals surface area (Å²) >= 11 is 0. The zero-order valence-electron chi connectivity index (χ0n) is 15.6. The molecule has 0 spiro atoms. The van der Waals surface area contributed by atoms with Gasteiger partial charge in [-0.2, -0.15) is 5.10 Å². The van der Waals surface area contributed by atoms with Crippen molar-refractivity contribution in [3.05, 3.63) is 18.0 Å². The maximum atomic E-state index is 12.6. The Kier molecular flexibility index (Phi) is 5.20. The molecular weight excluding hydrogens is 304 g/mol. The lowest BCUT2D eigenvalue weighted by Crippen LogP contribution is -2.44. The van der Waals surface area contributed by atoms with Gasteiger partial charge >= 0.3 is 0 Å². The third-order valence-corrected chi connectivity index (χ3v) is 4.15. The van der Waals surface area contributed by atoms with E-state index in [4.69, 9.17) is 5.73 Å². The quantitative estimate of drug-likeness (QED) is 0.644. The predicted molar refractivity (Wildman–Crippen MR) is 95.4 cm³/mol. The molecule has 0 saturated carbocycles. The number of hydrogen-bond acceptors (Lipinski definition) is 3. The number of aromatic nitrogens is 2. The molecule has 7 heteroatoms. The molecule has 7 nitrogen and oxygen atoms in total. The summed E-state index contributed by atoms with van der Waals surface area (Å²) in [5, 5.41) is 7.37. The largest absolute Gasteiger partial charge is 0.370 e. The molecule has 2 rings (SSSR count). The van der Waals surface area contributed by atoms with E-state index in [1.165, 1.54) is 0 Å². The number of aliphatic imine (C=N–C) groups is 1. The van der Waals surface area contributed by atoms with Gasteiger partial charge in [-0.05, 0) is 34.6 Å². The van der Waals surface area contributed by atoms with E-state index in [9.17, 15) is 4.79 Å². The minimum atomic E-state index is -0.252. The van der Waals surface area contributed by atoms with Crippen molar-refractivity contribution in [1.82, 2.24) is 20.0 Å². The molecule has 3 N–H and O–H groups in total. The van der Waals surface area contributed by atoms with Gasteiger partial charge < -0.3 is 16.0 Å². The molecule has 1 aliphatic rings. The highest BCUT2D eigenvalue weighted by molar-refractivity contribution is 5.81. The van der Waals surface area contributed by atoms with E-state index in [2.05, 4.69) is 36.2 Å². The number of amides is 1. The summed E-state index contributed by atoms with van der Waals surface area (Å²) in [5.74, 6) is 0.678. The predicted octanol–water partition coefficient (Wildman–Crippen LogP) is 1.42. The smallest absolute Gasteiger partial charge is 0.223 e. The fraction of sp³-hybridized carbons (Fsp3) is 0.706. The second-order valence-corrected chi connectivity index (χ2v) is 7.82. The van der Waals surface area contributed by atoms with E-state index in [1.807, 2.05) is 38.2 Å². The Morgan fingerprint density at radius 3 is 2.67 bits per heavy atom. The maximum Gasteiger partial charge on any atom is 0.223 e. The molecule has 0 bridgehead atoms. The van der Waals surface area contributed by atoms with Gasteiger partial charge in [0.15, 0.2) is 5.96 Å². The van der Waals surface area contributed by atoms with Crippen LogP contribution in [-0.2, 0) is 11.8 Å². The van der Waals surface area contributed by atoms with Crippen molar-refractivity contribution >= 4 is 11.9 Å². The third-order valence-electron chi connectivity index (χ3n) is 4.15.